The minimum absolute atomic E-state index is 0.0452. The van der Waals surface area contributed by atoms with Gasteiger partial charge in [-0.1, -0.05) is 0 Å². The van der Waals surface area contributed by atoms with Crippen LogP contribution in [0.4, 0.5) is 19.1 Å². The Morgan fingerprint density at radius 1 is 1.25 bits per heavy atom. The second-order valence-corrected chi connectivity index (χ2v) is 5.81. The van der Waals surface area contributed by atoms with Crippen LogP contribution in [0.5, 0.6) is 0 Å². The van der Waals surface area contributed by atoms with Crippen molar-refractivity contribution in [1.29, 1.82) is 5.26 Å². The topological polar surface area (TPSA) is 72.5 Å². The van der Waals surface area contributed by atoms with Gasteiger partial charge in [0.25, 0.3) is 0 Å². The van der Waals surface area contributed by atoms with Gasteiger partial charge in [-0.15, -0.1) is 0 Å². The summed E-state index contributed by atoms with van der Waals surface area (Å²) in [5.74, 6) is 0.320. The van der Waals surface area contributed by atoms with E-state index < -0.39 is 12.7 Å². The Labute approximate surface area is 137 Å². The Morgan fingerprint density at radius 2 is 1.83 bits per heavy atom. The molecule has 0 saturated carbocycles. The predicted molar refractivity (Wildman–Crippen MR) is 80.5 cm³/mol. The van der Waals surface area contributed by atoms with Crippen molar-refractivity contribution in [2.24, 2.45) is 0 Å². The highest BCUT2D eigenvalue weighted by molar-refractivity contribution is 5.92. The molecular weight excluding hydrogens is 325 g/mol. The third-order valence-electron chi connectivity index (χ3n) is 3.99. The van der Waals surface area contributed by atoms with Crippen LogP contribution in [0.25, 0.3) is 0 Å². The van der Waals surface area contributed by atoms with Crippen molar-refractivity contribution >= 4 is 11.8 Å². The fourth-order valence-electron chi connectivity index (χ4n) is 2.58. The molecular formula is C15H19F3N4O2. The second kappa shape index (κ2) is 7.23. The van der Waals surface area contributed by atoms with Crippen molar-refractivity contribution in [3.05, 3.63) is 16.9 Å². The number of carbonyl (C=O) groups excluding carboxylic acids is 1. The summed E-state index contributed by atoms with van der Waals surface area (Å²) >= 11 is 0. The normalized spacial score (nSPS) is 16.8. The van der Waals surface area contributed by atoms with Crippen LogP contribution in [0.15, 0.2) is 4.42 Å². The molecule has 24 heavy (non-hydrogen) atoms. The number of anilines is 1. The molecule has 1 aromatic rings. The number of furan rings is 1. The molecule has 1 aliphatic rings. The Bertz CT molecular complexity index is 640. The molecule has 0 radical (unpaired) electrons. The van der Waals surface area contributed by atoms with Gasteiger partial charge in [-0.2, -0.15) is 18.4 Å². The number of halogens is 3. The quantitative estimate of drug-likeness (QED) is 0.903. The van der Waals surface area contributed by atoms with Crippen molar-refractivity contribution in [3.8, 4) is 6.07 Å². The molecule has 0 unspecified atom stereocenters. The van der Waals surface area contributed by atoms with Gasteiger partial charge in [0.15, 0.2) is 0 Å². The summed E-state index contributed by atoms with van der Waals surface area (Å²) in [7, 11) is 0. The first-order valence-corrected chi connectivity index (χ1v) is 7.51. The van der Waals surface area contributed by atoms with E-state index in [-0.39, 0.29) is 37.0 Å². The molecule has 1 fully saturated rings. The summed E-state index contributed by atoms with van der Waals surface area (Å²) < 4.78 is 42.4. The highest BCUT2D eigenvalue weighted by atomic mass is 19.4. The molecule has 0 aromatic carbocycles. The van der Waals surface area contributed by atoms with E-state index in [2.05, 4.69) is 5.32 Å². The average Bonchev–Trinajstić information content (AvgIpc) is 2.73. The highest BCUT2D eigenvalue weighted by Crippen LogP contribution is 2.25. The zero-order valence-corrected chi connectivity index (χ0v) is 13.5. The first-order valence-electron chi connectivity index (χ1n) is 7.51. The molecule has 0 spiro atoms. The smallest absolute Gasteiger partial charge is 0.401 e. The van der Waals surface area contributed by atoms with Crippen LogP contribution in [0.1, 0.15) is 16.9 Å². The maximum Gasteiger partial charge on any atom is 0.401 e. The predicted octanol–water partition coefficient (Wildman–Crippen LogP) is 1.89. The van der Waals surface area contributed by atoms with Gasteiger partial charge in [0.2, 0.25) is 11.8 Å². The molecule has 1 saturated heterocycles. The second-order valence-electron chi connectivity index (χ2n) is 5.81. The van der Waals surface area contributed by atoms with Crippen molar-refractivity contribution in [2.45, 2.75) is 20.0 Å². The summed E-state index contributed by atoms with van der Waals surface area (Å²) in [4.78, 5) is 15.2. The van der Waals surface area contributed by atoms with E-state index in [1.807, 2.05) is 6.07 Å². The van der Waals surface area contributed by atoms with E-state index in [0.717, 1.165) is 0 Å². The van der Waals surface area contributed by atoms with Gasteiger partial charge in [-0.05, 0) is 13.8 Å². The first kappa shape index (κ1) is 18.3. The van der Waals surface area contributed by atoms with Crippen molar-refractivity contribution in [1.82, 2.24) is 9.80 Å². The van der Waals surface area contributed by atoms with E-state index in [4.69, 9.17) is 9.68 Å². The molecule has 132 valence electrons. The van der Waals surface area contributed by atoms with E-state index in [1.54, 1.807) is 18.7 Å². The van der Waals surface area contributed by atoms with Crippen LogP contribution >= 0.6 is 0 Å². The lowest BCUT2D eigenvalue weighted by molar-refractivity contribution is -0.149. The maximum absolute atomic E-state index is 12.3. The number of alkyl halides is 3. The molecule has 0 aliphatic carbocycles. The SMILES string of the molecule is Cc1oc(NC(=O)CN2CCN(CC(F)(F)F)CC2)c(C#N)c1C. The first-order chi connectivity index (χ1) is 11.2. The Kier molecular flexibility index (Phi) is 5.51. The largest absolute Gasteiger partial charge is 0.444 e. The third-order valence-corrected chi connectivity index (χ3v) is 3.99. The fourth-order valence-corrected chi connectivity index (χ4v) is 2.58. The molecule has 0 bridgehead atoms. The van der Waals surface area contributed by atoms with Gasteiger partial charge in [-0.25, -0.2) is 0 Å². The van der Waals surface area contributed by atoms with E-state index in [9.17, 15) is 18.0 Å². The number of rotatable bonds is 4. The number of hydrogen-bond donors (Lipinski definition) is 1. The van der Waals surface area contributed by atoms with E-state index in [0.29, 0.717) is 24.4 Å². The minimum atomic E-state index is -4.21. The summed E-state index contributed by atoms with van der Waals surface area (Å²) in [5, 5.41) is 11.7. The number of hydrogen-bond acceptors (Lipinski definition) is 5. The molecule has 1 N–H and O–H groups in total. The van der Waals surface area contributed by atoms with Gasteiger partial charge in [0.1, 0.15) is 17.4 Å². The number of nitrogens with one attached hydrogen (secondary N) is 1. The molecule has 1 amide bonds. The van der Waals surface area contributed by atoms with Crippen molar-refractivity contribution in [2.75, 3.05) is 44.6 Å². The van der Waals surface area contributed by atoms with Crippen LogP contribution in [0.3, 0.4) is 0 Å². The molecule has 9 heteroatoms. The zero-order chi connectivity index (χ0) is 17.9. The number of aryl methyl sites for hydroxylation is 1. The third kappa shape index (κ3) is 4.72. The van der Waals surface area contributed by atoms with Gasteiger partial charge >= 0.3 is 6.18 Å². The molecule has 1 aliphatic heterocycles. The van der Waals surface area contributed by atoms with E-state index >= 15 is 0 Å². The lowest BCUT2D eigenvalue weighted by Gasteiger charge is -2.34. The Morgan fingerprint density at radius 3 is 2.38 bits per heavy atom. The molecule has 2 rings (SSSR count). The summed E-state index contributed by atoms with van der Waals surface area (Å²) in [5.41, 5.74) is 0.962. The maximum atomic E-state index is 12.3. The number of carbonyl (C=O) groups is 1. The van der Waals surface area contributed by atoms with E-state index in [1.165, 1.54) is 4.90 Å². The number of amides is 1. The average molecular weight is 344 g/mol. The number of piperazine rings is 1. The number of nitrogens with zero attached hydrogens (tertiary/aromatic N) is 3. The van der Waals surface area contributed by atoms with Crippen LogP contribution in [0.2, 0.25) is 0 Å². The molecule has 1 aromatic heterocycles. The molecule has 2 heterocycles. The lowest BCUT2D eigenvalue weighted by atomic mass is 10.2. The minimum Gasteiger partial charge on any atom is -0.444 e. The monoisotopic (exact) mass is 344 g/mol. The summed E-state index contributed by atoms with van der Waals surface area (Å²) in [6.07, 6.45) is -4.21. The van der Waals surface area contributed by atoms with Gasteiger partial charge in [0, 0.05) is 31.7 Å². The molecule has 0 atom stereocenters. The highest BCUT2D eigenvalue weighted by Gasteiger charge is 2.32. The Balaban J connectivity index is 1.84. The van der Waals surface area contributed by atoms with Crippen LogP contribution in [0, 0.1) is 25.2 Å². The summed E-state index contributed by atoms with van der Waals surface area (Å²) in [6.45, 7) is 3.83. The lowest BCUT2D eigenvalue weighted by Crippen LogP contribution is -2.50. The standard InChI is InChI=1S/C15H19F3N4O2/c1-10-11(2)24-14(12(10)7-19)20-13(23)8-21-3-5-22(6-4-21)9-15(16,17)18/h3-6,8-9H2,1-2H3,(H,20,23). The van der Waals surface area contributed by atoms with Crippen molar-refractivity contribution in [3.63, 3.8) is 0 Å². The van der Waals surface area contributed by atoms with Crippen LogP contribution in [-0.2, 0) is 4.79 Å². The Hall–Kier alpha value is -2.05. The van der Waals surface area contributed by atoms with Gasteiger partial charge < -0.3 is 4.42 Å². The van der Waals surface area contributed by atoms with Crippen LogP contribution < -0.4 is 5.32 Å². The fraction of sp³-hybridized carbons (Fsp3) is 0.600. The van der Waals surface area contributed by atoms with Crippen molar-refractivity contribution < 1.29 is 22.4 Å². The van der Waals surface area contributed by atoms with Gasteiger partial charge in [-0.3, -0.25) is 19.9 Å². The number of nitriles is 1. The van der Waals surface area contributed by atoms with Crippen LogP contribution in [-0.4, -0.2) is 61.2 Å². The van der Waals surface area contributed by atoms with Gasteiger partial charge in [0.05, 0.1) is 13.1 Å². The molecule has 6 nitrogen and oxygen atoms in total. The zero-order valence-electron chi connectivity index (χ0n) is 13.5. The summed E-state index contributed by atoms with van der Waals surface area (Å²) in [6, 6.07) is 1.99.